The predicted molar refractivity (Wildman–Crippen MR) is 72.6 cm³/mol. The van der Waals surface area contributed by atoms with Crippen LogP contribution in [0.1, 0.15) is 18.1 Å². The van der Waals surface area contributed by atoms with Crippen molar-refractivity contribution in [1.82, 2.24) is 0 Å². The minimum atomic E-state index is -0.766. The maximum atomic E-state index is 10.8. The zero-order chi connectivity index (χ0) is 13.6. The van der Waals surface area contributed by atoms with E-state index in [9.17, 15) is 4.79 Å². The molecule has 1 aromatic carbocycles. The van der Waals surface area contributed by atoms with E-state index in [-0.39, 0.29) is 11.8 Å². The lowest BCUT2D eigenvalue weighted by atomic mass is 10.2. The average molecular weight is 297 g/mol. The zero-order valence-corrected chi connectivity index (χ0v) is 11.3. The van der Waals surface area contributed by atoms with Crippen LogP contribution in [0.15, 0.2) is 34.7 Å². The molecule has 2 aromatic rings. The second-order valence-electron chi connectivity index (χ2n) is 4.62. The van der Waals surface area contributed by atoms with Crippen LogP contribution in [0.2, 0.25) is 10.0 Å². The molecule has 0 unspecified atom stereocenters. The molecule has 19 heavy (non-hydrogen) atoms. The molecular formula is C14H10Cl2O3. The molecule has 1 heterocycles. The molecule has 1 saturated carbocycles. The number of hydrogen-bond donors (Lipinski definition) is 1. The van der Waals surface area contributed by atoms with E-state index in [0.717, 1.165) is 5.56 Å². The van der Waals surface area contributed by atoms with Crippen molar-refractivity contribution in [3.05, 3.63) is 46.1 Å². The van der Waals surface area contributed by atoms with E-state index >= 15 is 0 Å². The molecule has 1 N–H and O–H groups in total. The molecule has 1 fully saturated rings. The third-order valence-electron chi connectivity index (χ3n) is 3.30. The van der Waals surface area contributed by atoms with Gasteiger partial charge >= 0.3 is 5.97 Å². The summed E-state index contributed by atoms with van der Waals surface area (Å²) in [5.74, 6) is 0.303. The summed E-state index contributed by atoms with van der Waals surface area (Å²) in [6.45, 7) is 0. The van der Waals surface area contributed by atoms with Gasteiger partial charge in [0.1, 0.15) is 11.5 Å². The first-order valence-electron chi connectivity index (χ1n) is 5.84. The first kappa shape index (κ1) is 12.6. The van der Waals surface area contributed by atoms with E-state index < -0.39 is 5.97 Å². The molecule has 98 valence electrons. The van der Waals surface area contributed by atoms with Gasteiger partial charge in [-0.1, -0.05) is 23.2 Å². The Morgan fingerprint density at radius 1 is 1.21 bits per heavy atom. The molecule has 2 atom stereocenters. The first-order valence-corrected chi connectivity index (χ1v) is 6.60. The molecule has 3 rings (SSSR count). The third kappa shape index (κ3) is 2.36. The lowest BCUT2D eigenvalue weighted by Crippen LogP contribution is -1.98. The molecule has 1 aliphatic rings. The van der Waals surface area contributed by atoms with E-state index in [1.165, 1.54) is 0 Å². The monoisotopic (exact) mass is 296 g/mol. The van der Waals surface area contributed by atoms with Crippen molar-refractivity contribution in [2.45, 2.75) is 12.3 Å². The molecule has 1 aromatic heterocycles. The molecule has 0 spiro atoms. The number of carbonyl (C=O) groups is 1. The molecule has 3 nitrogen and oxygen atoms in total. The lowest BCUT2D eigenvalue weighted by Gasteiger charge is -2.00. The fourth-order valence-electron chi connectivity index (χ4n) is 2.14. The molecule has 0 radical (unpaired) electrons. The van der Waals surface area contributed by atoms with Gasteiger partial charge in [-0.25, -0.2) is 0 Å². The van der Waals surface area contributed by atoms with Gasteiger partial charge in [0.2, 0.25) is 0 Å². The zero-order valence-electron chi connectivity index (χ0n) is 9.77. The summed E-state index contributed by atoms with van der Waals surface area (Å²) in [6, 6.07) is 8.91. The van der Waals surface area contributed by atoms with Crippen LogP contribution in [-0.2, 0) is 4.79 Å². The maximum Gasteiger partial charge on any atom is 0.307 e. The van der Waals surface area contributed by atoms with E-state index in [4.69, 9.17) is 32.7 Å². The lowest BCUT2D eigenvalue weighted by molar-refractivity contribution is -0.138. The van der Waals surface area contributed by atoms with Gasteiger partial charge in [-0.2, -0.15) is 0 Å². The van der Waals surface area contributed by atoms with Crippen molar-refractivity contribution < 1.29 is 14.3 Å². The third-order valence-corrected chi connectivity index (χ3v) is 4.04. The first-order chi connectivity index (χ1) is 9.06. The minimum Gasteiger partial charge on any atom is -0.481 e. The summed E-state index contributed by atoms with van der Waals surface area (Å²) >= 11 is 11.8. The molecule has 0 amide bonds. The summed E-state index contributed by atoms with van der Waals surface area (Å²) in [7, 11) is 0. The maximum absolute atomic E-state index is 10.8. The van der Waals surface area contributed by atoms with E-state index in [0.29, 0.717) is 28.0 Å². The van der Waals surface area contributed by atoms with Crippen LogP contribution in [0.25, 0.3) is 11.3 Å². The largest absolute Gasteiger partial charge is 0.481 e. The van der Waals surface area contributed by atoms with Crippen LogP contribution < -0.4 is 0 Å². The van der Waals surface area contributed by atoms with Gasteiger partial charge in [0, 0.05) is 11.5 Å². The standard InChI is InChI=1S/C14H10Cl2O3/c15-10-2-1-7(5-11(10)16)12-3-4-13(19-12)8-6-9(8)14(17)18/h1-5,8-9H,6H2,(H,17,18)/t8-,9-/m1/s1. The number of hydrogen-bond acceptors (Lipinski definition) is 2. The van der Waals surface area contributed by atoms with Crippen molar-refractivity contribution in [2.24, 2.45) is 5.92 Å². The number of carboxylic acid groups (broad SMARTS) is 1. The normalized spacial score (nSPS) is 21.4. The summed E-state index contributed by atoms with van der Waals surface area (Å²) in [4.78, 5) is 10.8. The second kappa shape index (κ2) is 4.58. The second-order valence-corrected chi connectivity index (χ2v) is 5.43. The highest BCUT2D eigenvalue weighted by Crippen LogP contribution is 2.48. The van der Waals surface area contributed by atoms with Crippen LogP contribution in [0.3, 0.4) is 0 Å². The predicted octanol–water partition coefficient (Wildman–Crippen LogP) is 4.44. The highest BCUT2D eigenvalue weighted by atomic mass is 35.5. The van der Waals surface area contributed by atoms with Crippen molar-refractivity contribution in [3.8, 4) is 11.3 Å². The summed E-state index contributed by atoms with van der Waals surface area (Å²) in [5, 5.41) is 9.86. The van der Waals surface area contributed by atoms with Crippen molar-refractivity contribution >= 4 is 29.2 Å². The summed E-state index contributed by atoms with van der Waals surface area (Å²) in [5.41, 5.74) is 0.827. The highest BCUT2D eigenvalue weighted by molar-refractivity contribution is 6.42. The number of aliphatic carboxylic acids is 1. The SMILES string of the molecule is O=C(O)[C@@H]1C[C@H]1c1ccc(-c2ccc(Cl)c(Cl)c2)o1. The Hall–Kier alpha value is -1.45. The van der Waals surface area contributed by atoms with Crippen molar-refractivity contribution in [2.75, 3.05) is 0 Å². The minimum absolute atomic E-state index is 0.00554. The Balaban J connectivity index is 1.85. The van der Waals surface area contributed by atoms with Crippen LogP contribution in [0, 0.1) is 5.92 Å². The molecule has 1 aliphatic carbocycles. The van der Waals surface area contributed by atoms with Gasteiger partial charge in [0.25, 0.3) is 0 Å². The fraction of sp³-hybridized carbons (Fsp3) is 0.214. The van der Waals surface area contributed by atoms with E-state index in [1.807, 2.05) is 18.2 Å². The van der Waals surface area contributed by atoms with Gasteiger partial charge in [-0.15, -0.1) is 0 Å². The van der Waals surface area contributed by atoms with Crippen molar-refractivity contribution in [3.63, 3.8) is 0 Å². The van der Waals surface area contributed by atoms with Crippen molar-refractivity contribution in [1.29, 1.82) is 0 Å². The van der Waals surface area contributed by atoms with Gasteiger partial charge in [0.05, 0.1) is 16.0 Å². The molecule has 0 saturated heterocycles. The van der Waals surface area contributed by atoms with Crippen LogP contribution in [0.5, 0.6) is 0 Å². The van der Waals surface area contributed by atoms with Gasteiger partial charge < -0.3 is 9.52 Å². The Labute approximate surface area is 119 Å². The van der Waals surface area contributed by atoms with E-state index in [2.05, 4.69) is 0 Å². The Bertz CT molecular complexity index is 648. The summed E-state index contributed by atoms with van der Waals surface area (Å²) in [6.07, 6.45) is 0.643. The van der Waals surface area contributed by atoms with Crippen LogP contribution in [-0.4, -0.2) is 11.1 Å². The number of rotatable bonds is 3. The highest BCUT2D eigenvalue weighted by Gasteiger charge is 2.46. The fourth-order valence-corrected chi connectivity index (χ4v) is 2.44. The molecule has 5 heteroatoms. The molecule has 0 bridgehead atoms. The molecular weight excluding hydrogens is 287 g/mol. The summed E-state index contributed by atoms with van der Waals surface area (Å²) < 4.78 is 5.70. The number of halogens is 2. The van der Waals surface area contributed by atoms with Gasteiger partial charge in [-0.3, -0.25) is 4.79 Å². The number of furan rings is 1. The number of benzene rings is 1. The van der Waals surface area contributed by atoms with Gasteiger partial charge in [-0.05, 0) is 36.8 Å². The quantitative estimate of drug-likeness (QED) is 0.911. The Morgan fingerprint density at radius 2 is 2.00 bits per heavy atom. The van der Waals surface area contributed by atoms with Crippen LogP contribution >= 0.6 is 23.2 Å². The Kier molecular flexibility index (Phi) is 3.03. The Morgan fingerprint density at radius 3 is 2.63 bits per heavy atom. The van der Waals surface area contributed by atoms with Crippen LogP contribution in [0.4, 0.5) is 0 Å². The van der Waals surface area contributed by atoms with Gasteiger partial charge in [0.15, 0.2) is 0 Å². The van der Waals surface area contributed by atoms with E-state index in [1.54, 1.807) is 12.1 Å². The topological polar surface area (TPSA) is 50.4 Å². The molecule has 0 aliphatic heterocycles. The smallest absolute Gasteiger partial charge is 0.307 e. The number of carboxylic acids is 1. The average Bonchev–Trinajstić information content (AvgIpc) is 3.04.